The summed E-state index contributed by atoms with van der Waals surface area (Å²) in [5, 5.41) is 0. The second-order valence-corrected chi connectivity index (χ2v) is 2.71. The Morgan fingerprint density at radius 1 is 1.27 bits per heavy atom. The summed E-state index contributed by atoms with van der Waals surface area (Å²) in [6.07, 6.45) is 3.30. The molecule has 1 rings (SSSR count). The van der Waals surface area contributed by atoms with E-state index in [1.165, 1.54) is 12.1 Å². The molecule has 1 aromatic rings. The largest absolute Gasteiger partial charge is 0.501 e. The van der Waals surface area contributed by atoms with E-state index in [1.54, 1.807) is 24.5 Å². The maximum absolute atomic E-state index is 11.8. The van der Waals surface area contributed by atoms with E-state index in [4.69, 9.17) is 4.74 Å². The van der Waals surface area contributed by atoms with Gasteiger partial charge in [0, 0.05) is 0 Å². The summed E-state index contributed by atoms with van der Waals surface area (Å²) in [6, 6.07) is 6.32. The Bertz CT molecular complexity index is 307. The summed E-state index contributed by atoms with van der Waals surface area (Å²) in [5.74, 6) is 0.151. The van der Waals surface area contributed by atoms with Crippen molar-refractivity contribution in [3.05, 3.63) is 36.1 Å². The predicted octanol–water partition coefficient (Wildman–Crippen LogP) is 3.30. The van der Waals surface area contributed by atoms with Crippen molar-refractivity contribution in [2.75, 3.05) is 6.61 Å². The first kappa shape index (κ1) is 11.5. The SMILES string of the molecule is CCOC=Cc1ccc(OC(F)F)cc1. The Morgan fingerprint density at radius 2 is 1.93 bits per heavy atom. The topological polar surface area (TPSA) is 18.5 Å². The zero-order chi connectivity index (χ0) is 11.1. The summed E-state index contributed by atoms with van der Waals surface area (Å²) in [7, 11) is 0. The Kier molecular flexibility index (Phi) is 4.60. The van der Waals surface area contributed by atoms with Crippen molar-refractivity contribution in [2.45, 2.75) is 13.5 Å². The van der Waals surface area contributed by atoms with Gasteiger partial charge < -0.3 is 9.47 Å². The van der Waals surface area contributed by atoms with E-state index < -0.39 is 6.61 Å². The van der Waals surface area contributed by atoms with Crippen molar-refractivity contribution in [1.82, 2.24) is 0 Å². The summed E-state index contributed by atoms with van der Waals surface area (Å²) < 4.78 is 32.8. The molecule has 0 aliphatic heterocycles. The molecular weight excluding hydrogens is 202 g/mol. The van der Waals surface area contributed by atoms with Crippen LogP contribution in [0.25, 0.3) is 6.08 Å². The molecule has 0 heterocycles. The summed E-state index contributed by atoms with van der Waals surface area (Å²) in [6.45, 7) is -0.303. The highest BCUT2D eigenvalue weighted by molar-refractivity contribution is 5.49. The average Bonchev–Trinajstić information content (AvgIpc) is 2.20. The molecular formula is C11H12F2O2. The molecule has 0 aromatic heterocycles. The third-order valence-corrected chi connectivity index (χ3v) is 1.63. The second kappa shape index (κ2) is 6.01. The van der Waals surface area contributed by atoms with E-state index in [0.717, 1.165) is 5.56 Å². The minimum atomic E-state index is -2.78. The molecule has 15 heavy (non-hydrogen) atoms. The van der Waals surface area contributed by atoms with Crippen molar-refractivity contribution in [3.8, 4) is 5.75 Å². The fourth-order valence-electron chi connectivity index (χ4n) is 0.983. The van der Waals surface area contributed by atoms with E-state index in [1.807, 2.05) is 6.92 Å². The highest BCUT2D eigenvalue weighted by Gasteiger charge is 2.02. The van der Waals surface area contributed by atoms with Gasteiger partial charge in [0.25, 0.3) is 0 Å². The van der Waals surface area contributed by atoms with Gasteiger partial charge >= 0.3 is 6.61 Å². The van der Waals surface area contributed by atoms with E-state index in [0.29, 0.717) is 6.61 Å². The van der Waals surface area contributed by atoms with Crippen LogP contribution in [0, 0.1) is 0 Å². The number of rotatable bonds is 5. The molecule has 0 spiro atoms. The van der Waals surface area contributed by atoms with Crippen LogP contribution >= 0.6 is 0 Å². The zero-order valence-corrected chi connectivity index (χ0v) is 8.32. The van der Waals surface area contributed by atoms with Gasteiger partial charge in [-0.1, -0.05) is 12.1 Å². The predicted molar refractivity (Wildman–Crippen MR) is 53.7 cm³/mol. The van der Waals surface area contributed by atoms with Gasteiger partial charge in [-0.05, 0) is 30.7 Å². The highest BCUT2D eigenvalue weighted by atomic mass is 19.3. The van der Waals surface area contributed by atoms with Crippen LogP contribution in [-0.4, -0.2) is 13.2 Å². The smallest absolute Gasteiger partial charge is 0.387 e. The minimum Gasteiger partial charge on any atom is -0.501 e. The molecule has 4 heteroatoms. The van der Waals surface area contributed by atoms with Gasteiger partial charge in [0.05, 0.1) is 12.9 Å². The van der Waals surface area contributed by atoms with Crippen LogP contribution in [-0.2, 0) is 4.74 Å². The summed E-state index contributed by atoms with van der Waals surface area (Å²) in [5.41, 5.74) is 0.866. The first-order valence-corrected chi connectivity index (χ1v) is 4.55. The molecule has 0 N–H and O–H groups in total. The molecule has 0 bridgehead atoms. The van der Waals surface area contributed by atoms with Gasteiger partial charge in [-0.2, -0.15) is 8.78 Å². The molecule has 0 aliphatic rings. The minimum absolute atomic E-state index is 0.151. The van der Waals surface area contributed by atoms with Crippen LogP contribution in [0.3, 0.4) is 0 Å². The fraction of sp³-hybridized carbons (Fsp3) is 0.273. The molecule has 0 saturated carbocycles. The third-order valence-electron chi connectivity index (χ3n) is 1.63. The van der Waals surface area contributed by atoms with Crippen LogP contribution in [0.5, 0.6) is 5.75 Å². The lowest BCUT2D eigenvalue weighted by Crippen LogP contribution is -2.01. The van der Waals surface area contributed by atoms with E-state index in [2.05, 4.69) is 4.74 Å². The number of benzene rings is 1. The molecule has 82 valence electrons. The monoisotopic (exact) mass is 214 g/mol. The third kappa shape index (κ3) is 4.44. The quantitative estimate of drug-likeness (QED) is 0.700. The van der Waals surface area contributed by atoms with Gasteiger partial charge in [-0.25, -0.2) is 0 Å². The van der Waals surface area contributed by atoms with E-state index >= 15 is 0 Å². The van der Waals surface area contributed by atoms with Gasteiger partial charge in [-0.15, -0.1) is 0 Å². The number of ether oxygens (including phenoxy) is 2. The zero-order valence-electron chi connectivity index (χ0n) is 8.32. The number of halogens is 2. The molecule has 1 aromatic carbocycles. The fourth-order valence-corrected chi connectivity index (χ4v) is 0.983. The Morgan fingerprint density at radius 3 is 2.47 bits per heavy atom. The van der Waals surface area contributed by atoms with Crippen molar-refractivity contribution in [1.29, 1.82) is 0 Å². The van der Waals surface area contributed by atoms with Crippen LogP contribution < -0.4 is 4.74 Å². The molecule has 0 saturated heterocycles. The van der Waals surface area contributed by atoms with Crippen molar-refractivity contribution < 1.29 is 18.3 Å². The lowest BCUT2D eigenvalue weighted by Gasteiger charge is -2.03. The molecule has 0 aliphatic carbocycles. The maximum atomic E-state index is 11.8. The number of alkyl halides is 2. The van der Waals surface area contributed by atoms with Gasteiger partial charge in [0.2, 0.25) is 0 Å². The lowest BCUT2D eigenvalue weighted by molar-refractivity contribution is -0.0498. The normalized spacial score (nSPS) is 10.9. The van der Waals surface area contributed by atoms with Crippen LogP contribution in [0.15, 0.2) is 30.5 Å². The van der Waals surface area contributed by atoms with Gasteiger partial charge in [-0.3, -0.25) is 0 Å². The summed E-state index contributed by atoms with van der Waals surface area (Å²) >= 11 is 0. The Hall–Kier alpha value is -1.58. The number of hydrogen-bond acceptors (Lipinski definition) is 2. The van der Waals surface area contributed by atoms with E-state index in [-0.39, 0.29) is 5.75 Å². The Labute approximate surface area is 87.1 Å². The first-order chi connectivity index (χ1) is 7.22. The maximum Gasteiger partial charge on any atom is 0.387 e. The summed E-state index contributed by atoms with van der Waals surface area (Å²) in [4.78, 5) is 0. The lowest BCUT2D eigenvalue weighted by atomic mass is 10.2. The van der Waals surface area contributed by atoms with Gasteiger partial charge in [0.1, 0.15) is 5.75 Å². The van der Waals surface area contributed by atoms with Crippen molar-refractivity contribution >= 4 is 6.08 Å². The van der Waals surface area contributed by atoms with Crippen LogP contribution in [0.1, 0.15) is 12.5 Å². The van der Waals surface area contributed by atoms with Crippen LogP contribution in [0.2, 0.25) is 0 Å². The average molecular weight is 214 g/mol. The molecule has 0 fully saturated rings. The molecule has 0 unspecified atom stereocenters. The van der Waals surface area contributed by atoms with Crippen LogP contribution in [0.4, 0.5) is 8.78 Å². The number of hydrogen-bond donors (Lipinski definition) is 0. The standard InChI is InChI=1S/C11H12F2O2/c1-2-14-8-7-9-3-5-10(6-4-9)15-11(12)13/h3-8,11H,2H2,1H3. The molecule has 0 atom stereocenters. The van der Waals surface area contributed by atoms with Crippen molar-refractivity contribution in [2.24, 2.45) is 0 Å². The molecule has 2 nitrogen and oxygen atoms in total. The van der Waals surface area contributed by atoms with E-state index in [9.17, 15) is 8.78 Å². The Balaban J connectivity index is 2.56. The highest BCUT2D eigenvalue weighted by Crippen LogP contribution is 2.15. The second-order valence-electron chi connectivity index (χ2n) is 2.71. The first-order valence-electron chi connectivity index (χ1n) is 4.55. The van der Waals surface area contributed by atoms with Gasteiger partial charge in [0.15, 0.2) is 0 Å². The van der Waals surface area contributed by atoms with Crippen molar-refractivity contribution in [3.63, 3.8) is 0 Å². The molecule has 0 amide bonds. The molecule has 0 radical (unpaired) electrons.